The van der Waals surface area contributed by atoms with E-state index in [4.69, 9.17) is 5.73 Å². The molecule has 3 N–H and O–H groups in total. The van der Waals surface area contributed by atoms with Gasteiger partial charge in [-0.25, -0.2) is 0 Å². The molecule has 3 nitrogen and oxygen atoms in total. The first kappa shape index (κ1) is 12.9. The number of carbonyl (C=O) groups excluding carboxylic acids is 1. The third kappa shape index (κ3) is 3.98. The van der Waals surface area contributed by atoms with Crippen molar-refractivity contribution in [3.63, 3.8) is 0 Å². The topological polar surface area (TPSA) is 55.1 Å². The van der Waals surface area contributed by atoms with E-state index in [2.05, 4.69) is 12.2 Å². The lowest BCUT2D eigenvalue weighted by Crippen LogP contribution is -2.42. The molecule has 2 aliphatic rings. The highest BCUT2D eigenvalue weighted by molar-refractivity contribution is 5.81. The molecule has 0 bridgehead atoms. The Morgan fingerprint density at radius 1 is 1.35 bits per heavy atom. The van der Waals surface area contributed by atoms with Crippen molar-refractivity contribution in [3.8, 4) is 0 Å². The summed E-state index contributed by atoms with van der Waals surface area (Å²) in [5.41, 5.74) is 5.98. The van der Waals surface area contributed by atoms with Gasteiger partial charge in [0, 0.05) is 6.54 Å². The zero-order chi connectivity index (χ0) is 12.3. The fraction of sp³-hybridized carbons (Fsp3) is 0.929. The number of nitrogens with two attached hydrogens (primary N) is 1. The van der Waals surface area contributed by atoms with Gasteiger partial charge in [-0.3, -0.25) is 4.79 Å². The van der Waals surface area contributed by atoms with Crippen molar-refractivity contribution < 1.29 is 4.79 Å². The predicted octanol–water partition coefficient (Wildman–Crippen LogP) is 2.06. The lowest BCUT2D eigenvalue weighted by atomic mass is 9.85. The van der Waals surface area contributed by atoms with Gasteiger partial charge in [0.15, 0.2) is 0 Å². The lowest BCUT2D eigenvalue weighted by Gasteiger charge is -2.24. The molecule has 1 amide bonds. The van der Waals surface area contributed by atoms with Gasteiger partial charge in [-0.2, -0.15) is 0 Å². The highest BCUT2D eigenvalue weighted by atomic mass is 16.2. The molecule has 2 fully saturated rings. The summed E-state index contributed by atoms with van der Waals surface area (Å²) >= 11 is 0. The second-order valence-electron chi connectivity index (χ2n) is 6.06. The highest BCUT2D eigenvalue weighted by Gasteiger charge is 2.33. The first-order valence-electron chi connectivity index (χ1n) is 7.20. The second kappa shape index (κ2) is 5.85. The summed E-state index contributed by atoms with van der Waals surface area (Å²) in [5, 5.41) is 3.00. The van der Waals surface area contributed by atoms with Gasteiger partial charge >= 0.3 is 0 Å². The number of rotatable bonds is 5. The molecule has 2 aliphatic carbocycles. The summed E-state index contributed by atoms with van der Waals surface area (Å²) in [6, 6.07) is -0.285. The van der Waals surface area contributed by atoms with Crippen LogP contribution in [0.1, 0.15) is 51.9 Å². The van der Waals surface area contributed by atoms with E-state index in [0.717, 1.165) is 18.9 Å². The van der Waals surface area contributed by atoms with Crippen molar-refractivity contribution in [2.24, 2.45) is 23.5 Å². The third-order valence-corrected chi connectivity index (χ3v) is 4.46. The van der Waals surface area contributed by atoms with E-state index in [0.29, 0.717) is 11.8 Å². The van der Waals surface area contributed by atoms with Crippen molar-refractivity contribution in [1.82, 2.24) is 5.32 Å². The van der Waals surface area contributed by atoms with Crippen molar-refractivity contribution in [1.29, 1.82) is 0 Å². The molecule has 17 heavy (non-hydrogen) atoms. The molecule has 3 heteroatoms. The van der Waals surface area contributed by atoms with Crippen LogP contribution in [0.5, 0.6) is 0 Å². The van der Waals surface area contributed by atoms with Crippen molar-refractivity contribution in [2.45, 2.75) is 57.9 Å². The summed E-state index contributed by atoms with van der Waals surface area (Å²) in [7, 11) is 0. The van der Waals surface area contributed by atoms with E-state index in [9.17, 15) is 4.79 Å². The molecular weight excluding hydrogens is 212 g/mol. The van der Waals surface area contributed by atoms with Gasteiger partial charge in [0.05, 0.1) is 6.04 Å². The molecule has 0 aromatic rings. The molecule has 0 saturated heterocycles. The van der Waals surface area contributed by atoms with Gasteiger partial charge in [-0.05, 0) is 30.6 Å². The van der Waals surface area contributed by atoms with Gasteiger partial charge in [-0.1, -0.05) is 39.0 Å². The Labute approximate surface area is 105 Å². The maximum absolute atomic E-state index is 11.8. The van der Waals surface area contributed by atoms with Gasteiger partial charge in [-0.15, -0.1) is 0 Å². The molecule has 3 unspecified atom stereocenters. The van der Waals surface area contributed by atoms with Crippen molar-refractivity contribution >= 4 is 5.91 Å². The second-order valence-corrected chi connectivity index (χ2v) is 6.06. The average molecular weight is 238 g/mol. The van der Waals surface area contributed by atoms with Crippen LogP contribution in [0.4, 0.5) is 0 Å². The van der Waals surface area contributed by atoms with Crippen LogP contribution in [0.3, 0.4) is 0 Å². The zero-order valence-electron chi connectivity index (χ0n) is 11.0. The Balaban J connectivity index is 1.63. The Hall–Kier alpha value is -0.570. The fourth-order valence-electron chi connectivity index (χ4n) is 2.94. The van der Waals surface area contributed by atoms with E-state index in [-0.39, 0.29) is 11.9 Å². The van der Waals surface area contributed by atoms with E-state index in [1.54, 1.807) is 0 Å². The Bertz CT molecular complexity index is 261. The molecule has 0 aliphatic heterocycles. The van der Waals surface area contributed by atoms with E-state index in [1.807, 2.05) is 0 Å². The molecule has 0 aromatic heterocycles. The summed E-state index contributed by atoms with van der Waals surface area (Å²) in [4.78, 5) is 11.8. The van der Waals surface area contributed by atoms with Gasteiger partial charge < -0.3 is 11.1 Å². The maximum Gasteiger partial charge on any atom is 0.236 e. The molecule has 0 spiro atoms. The summed E-state index contributed by atoms with van der Waals surface area (Å²) < 4.78 is 0. The number of hydrogen-bond acceptors (Lipinski definition) is 2. The summed E-state index contributed by atoms with van der Waals surface area (Å²) in [5.74, 6) is 2.25. The molecule has 0 radical (unpaired) electrons. The van der Waals surface area contributed by atoms with E-state index >= 15 is 0 Å². The largest absolute Gasteiger partial charge is 0.354 e. The number of amides is 1. The molecular formula is C14H26N2O. The monoisotopic (exact) mass is 238 g/mol. The van der Waals surface area contributed by atoms with Crippen LogP contribution in [0.15, 0.2) is 0 Å². The quantitative estimate of drug-likeness (QED) is 0.770. The Morgan fingerprint density at radius 3 is 2.59 bits per heavy atom. The minimum atomic E-state index is -0.285. The van der Waals surface area contributed by atoms with Crippen LogP contribution < -0.4 is 11.1 Å². The smallest absolute Gasteiger partial charge is 0.236 e. The highest BCUT2D eigenvalue weighted by Crippen LogP contribution is 2.36. The van der Waals surface area contributed by atoms with Gasteiger partial charge in [0.1, 0.15) is 0 Å². The molecule has 3 atom stereocenters. The van der Waals surface area contributed by atoms with Crippen LogP contribution in [0.25, 0.3) is 0 Å². The lowest BCUT2D eigenvalue weighted by molar-refractivity contribution is -0.122. The van der Waals surface area contributed by atoms with Crippen molar-refractivity contribution in [2.75, 3.05) is 6.54 Å². The Kier molecular flexibility index (Phi) is 4.43. The number of hydrogen-bond donors (Lipinski definition) is 2. The van der Waals surface area contributed by atoms with Crippen LogP contribution in [0, 0.1) is 17.8 Å². The Morgan fingerprint density at radius 2 is 2.00 bits per heavy atom. The summed E-state index contributed by atoms with van der Waals surface area (Å²) in [6.07, 6.45) is 8.67. The van der Waals surface area contributed by atoms with Crippen LogP contribution in [-0.4, -0.2) is 18.5 Å². The number of nitrogens with one attached hydrogen (secondary N) is 1. The van der Waals surface area contributed by atoms with Crippen LogP contribution in [-0.2, 0) is 4.79 Å². The molecule has 2 saturated carbocycles. The van der Waals surface area contributed by atoms with E-state index < -0.39 is 0 Å². The summed E-state index contributed by atoms with van der Waals surface area (Å²) in [6.45, 7) is 3.07. The first-order chi connectivity index (χ1) is 8.16. The minimum absolute atomic E-state index is 0.0645. The fourth-order valence-corrected chi connectivity index (χ4v) is 2.94. The average Bonchev–Trinajstić information content (AvgIpc) is 3.03. The maximum atomic E-state index is 11.8. The predicted molar refractivity (Wildman–Crippen MR) is 69.4 cm³/mol. The van der Waals surface area contributed by atoms with Crippen LogP contribution in [0.2, 0.25) is 0 Å². The molecule has 0 heterocycles. The third-order valence-electron chi connectivity index (χ3n) is 4.46. The molecule has 98 valence electrons. The zero-order valence-corrected chi connectivity index (χ0v) is 11.0. The minimum Gasteiger partial charge on any atom is -0.354 e. The molecule has 0 aromatic carbocycles. The normalized spacial score (nSPS) is 30.9. The van der Waals surface area contributed by atoms with Crippen molar-refractivity contribution in [3.05, 3.63) is 0 Å². The first-order valence-corrected chi connectivity index (χ1v) is 7.20. The number of carbonyl (C=O) groups is 1. The standard InChI is InChI=1S/C14H26N2O/c1-10-7-12(10)9-16-14(17)13(15)8-11-5-3-2-4-6-11/h10-13H,2-9,15H2,1H3,(H,16,17). The van der Waals surface area contributed by atoms with Gasteiger partial charge in [0.25, 0.3) is 0 Å². The van der Waals surface area contributed by atoms with Gasteiger partial charge in [0.2, 0.25) is 5.91 Å². The SMILES string of the molecule is CC1CC1CNC(=O)C(N)CC1CCCCC1. The van der Waals surface area contributed by atoms with Crippen LogP contribution >= 0.6 is 0 Å². The van der Waals surface area contributed by atoms with E-state index in [1.165, 1.54) is 38.5 Å². The molecule has 2 rings (SSSR count).